The number of nitrogens with zero attached hydrogens (tertiary/aromatic N) is 3. The van der Waals surface area contributed by atoms with Crippen molar-refractivity contribution in [2.75, 3.05) is 18.2 Å². The molecule has 5 nitrogen and oxygen atoms in total. The molecule has 27 heavy (non-hydrogen) atoms. The van der Waals surface area contributed by atoms with E-state index in [1.54, 1.807) is 10.6 Å². The van der Waals surface area contributed by atoms with Crippen molar-refractivity contribution in [2.24, 2.45) is 4.99 Å². The van der Waals surface area contributed by atoms with Gasteiger partial charge in [0.1, 0.15) is 24.9 Å². The highest BCUT2D eigenvalue weighted by atomic mass is 32.1. The number of aromatic nitrogens is 1. The zero-order valence-electron chi connectivity index (χ0n) is 14.8. The first-order valence-corrected chi connectivity index (χ1v) is 9.45. The fourth-order valence-electron chi connectivity index (χ4n) is 2.93. The van der Waals surface area contributed by atoms with Crippen LogP contribution in [0.1, 0.15) is 12.5 Å². The normalized spacial score (nSPS) is 14.0. The van der Waals surface area contributed by atoms with Crippen molar-refractivity contribution in [3.63, 3.8) is 0 Å². The highest BCUT2D eigenvalue weighted by Gasteiger charge is 2.16. The van der Waals surface area contributed by atoms with Gasteiger partial charge in [0.25, 0.3) is 5.56 Å². The Bertz CT molecular complexity index is 1140. The summed E-state index contributed by atoms with van der Waals surface area (Å²) in [6, 6.07) is 13.9. The van der Waals surface area contributed by atoms with Crippen LogP contribution in [0.5, 0.6) is 5.75 Å². The van der Waals surface area contributed by atoms with Crippen LogP contribution in [-0.4, -0.2) is 17.8 Å². The molecule has 0 spiro atoms. The SMILES string of the molecule is CCOc1ccc(/C=c2\sc3n(c2=O)CN(c2cccc(F)c2)CN=3)cc1. The van der Waals surface area contributed by atoms with Gasteiger partial charge in [0.15, 0.2) is 4.80 Å². The van der Waals surface area contributed by atoms with E-state index in [4.69, 9.17) is 4.74 Å². The Morgan fingerprint density at radius 2 is 2.07 bits per heavy atom. The first-order chi connectivity index (χ1) is 13.1. The average molecular weight is 383 g/mol. The van der Waals surface area contributed by atoms with Gasteiger partial charge in [-0.2, -0.15) is 0 Å². The first-order valence-electron chi connectivity index (χ1n) is 8.63. The van der Waals surface area contributed by atoms with E-state index in [9.17, 15) is 9.18 Å². The monoisotopic (exact) mass is 383 g/mol. The average Bonchev–Trinajstić information content (AvgIpc) is 2.99. The van der Waals surface area contributed by atoms with Crippen molar-refractivity contribution in [1.82, 2.24) is 4.57 Å². The number of thiazole rings is 1. The minimum Gasteiger partial charge on any atom is -0.494 e. The number of benzene rings is 2. The molecule has 0 radical (unpaired) electrons. The maximum absolute atomic E-state index is 13.5. The van der Waals surface area contributed by atoms with Gasteiger partial charge in [-0.25, -0.2) is 9.38 Å². The molecule has 1 aliphatic rings. The molecule has 0 N–H and O–H groups in total. The summed E-state index contributed by atoms with van der Waals surface area (Å²) >= 11 is 1.37. The van der Waals surface area contributed by atoms with Gasteiger partial charge in [0, 0.05) is 5.69 Å². The Hall–Kier alpha value is -2.93. The smallest absolute Gasteiger partial charge is 0.271 e. The molecule has 4 rings (SSSR count). The summed E-state index contributed by atoms with van der Waals surface area (Å²) in [7, 11) is 0. The van der Waals surface area contributed by atoms with Gasteiger partial charge >= 0.3 is 0 Å². The lowest BCUT2D eigenvalue weighted by atomic mass is 10.2. The van der Waals surface area contributed by atoms with E-state index in [1.807, 2.05) is 48.2 Å². The standard InChI is InChI=1S/C20H18FN3O2S/c1-2-26-17-8-6-14(7-9-17)10-18-19(25)24-13-23(12-22-20(24)27-18)16-5-3-4-15(21)11-16/h3-11H,2,12-13H2,1H3/b18-10-. The number of halogens is 1. The zero-order chi connectivity index (χ0) is 18.8. The van der Waals surface area contributed by atoms with Crippen molar-refractivity contribution in [1.29, 1.82) is 0 Å². The van der Waals surface area contributed by atoms with E-state index in [1.165, 1.54) is 23.5 Å². The summed E-state index contributed by atoms with van der Waals surface area (Å²) in [5.41, 5.74) is 1.55. The molecule has 0 atom stereocenters. The number of hydrogen-bond donors (Lipinski definition) is 0. The second kappa shape index (κ2) is 7.36. The summed E-state index contributed by atoms with van der Waals surface area (Å²) < 4.78 is 21.2. The Balaban J connectivity index is 1.65. The molecular weight excluding hydrogens is 365 g/mol. The van der Waals surface area contributed by atoms with E-state index in [2.05, 4.69) is 4.99 Å². The topological polar surface area (TPSA) is 46.8 Å². The molecule has 0 unspecified atom stereocenters. The highest BCUT2D eigenvalue weighted by molar-refractivity contribution is 7.07. The largest absolute Gasteiger partial charge is 0.494 e. The van der Waals surface area contributed by atoms with Crippen molar-refractivity contribution in [3.8, 4) is 5.75 Å². The lowest BCUT2D eigenvalue weighted by Crippen LogP contribution is -2.42. The fourth-order valence-corrected chi connectivity index (χ4v) is 3.89. The van der Waals surface area contributed by atoms with Gasteiger partial charge in [-0.15, -0.1) is 0 Å². The minimum atomic E-state index is -0.305. The molecule has 3 aromatic rings. The maximum atomic E-state index is 13.5. The Morgan fingerprint density at radius 1 is 1.26 bits per heavy atom. The van der Waals surface area contributed by atoms with Crippen LogP contribution in [0, 0.1) is 5.82 Å². The third kappa shape index (κ3) is 3.64. The number of fused-ring (bicyclic) bond motifs is 1. The van der Waals surface area contributed by atoms with Crippen LogP contribution in [0.15, 0.2) is 58.3 Å². The molecule has 0 saturated heterocycles. The Kier molecular flexibility index (Phi) is 4.77. The van der Waals surface area contributed by atoms with E-state index < -0.39 is 0 Å². The summed E-state index contributed by atoms with van der Waals surface area (Å²) in [6.07, 6.45) is 1.86. The van der Waals surface area contributed by atoms with E-state index in [-0.39, 0.29) is 11.4 Å². The van der Waals surface area contributed by atoms with Crippen molar-refractivity contribution in [3.05, 3.63) is 79.6 Å². The van der Waals surface area contributed by atoms with Gasteiger partial charge in [-0.3, -0.25) is 9.36 Å². The molecule has 0 amide bonds. The third-order valence-corrected chi connectivity index (χ3v) is 5.28. The summed E-state index contributed by atoms with van der Waals surface area (Å²) in [4.78, 5) is 19.8. The van der Waals surface area contributed by atoms with Crippen LogP contribution in [-0.2, 0) is 6.67 Å². The molecule has 0 fully saturated rings. The molecule has 2 heterocycles. The first kappa shape index (κ1) is 17.5. The van der Waals surface area contributed by atoms with Crippen LogP contribution >= 0.6 is 11.3 Å². The number of anilines is 1. The molecule has 138 valence electrons. The van der Waals surface area contributed by atoms with Crippen LogP contribution in [0.4, 0.5) is 10.1 Å². The van der Waals surface area contributed by atoms with Crippen molar-refractivity contribution >= 4 is 23.1 Å². The second-order valence-corrected chi connectivity index (χ2v) is 7.10. The predicted molar refractivity (Wildman–Crippen MR) is 104 cm³/mol. The molecular formula is C20H18FN3O2S. The van der Waals surface area contributed by atoms with Crippen LogP contribution in [0.3, 0.4) is 0 Å². The van der Waals surface area contributed by atoms with Crippen LogP contribution in [0.25, 0.3) is 6.08 Å². The number of ether oxygens (including phenoxy) is 1. The molecule has 0 bridgehead atoms. The number of hydrogen-bond acceptors (Lipinski definition) is 5. The van der Waals surface area contributed by atoms with Crippen LogP contribution < -0.4 is 24.5 Å². The summed E-state index contributed by atoms with van der Waals surface area (Å²) in [5, 5.41) is 0. The Labute approximate surface area is 159 Å². The van der Waals surface area contributed by atoms with Gasteiger partial charge in [0.05, 0.1) is 11.1 Å². The predicted octanol–water partition coefficient (Wildman–Crippen LogP) is 2.33. The summed E-state index contributed by atoms with van der Waals surface area (Å²) in [6.45, 7) is 3.31. The molecule has 1 aromatic heterocycles. The van der Waals surface area contributed by atoms with Crippen LogP contribution in [0.2, 0.25) is 0 Å². The van der Waals surface area contributed by atoms with Gasteiger partial charge < -0.3 is 9.64 Å². The quantitative estimate of drug-likeness (QED) is 0.695. The molecule has 0 saturated carbocycles. The highest BCUT2D eigenvalue weighted by Crippen LogP contribution is 2.17. The van der Waals surface area contributed by atoms with E-state index in [0.717, 1.165) is 11.3 Å². The van der Waals surface area contributed by atoms with Crippen molar-refractivity contribution in [2.45, 2.75) is 13.6 Å². The van der Waals surface area contributed by atoms with E-state index >= 15 is 0 Å². The summed E-state index contributed by atoms with van der Waals surface area (Å²) in [5.74, 6) is 0.498. The van der Waals surface area contributed by atoms with Gasteiger partial charge in [-0.05, 0) is 48.9 Å². The fraction of sp³-hybridized carbons (Fsp3) is 0.200. The van der Waals surface area contributed by atoms with Gasteiger partial charge in [-0.1, -0.05) is 29.5 Å². The van der Waals surface area contributed by atoms with Crippen molar-refractivity contribution < 1.29 is 9.13 Å². The minimum absolute atomic E-state index is 0.0891. The molecule has 2 aromatic carbocycles. The molecule has 1 aliphatic heterocycles. The zero-order valence-corrected chi connectivity index (χ0v) is 15.6. The van der Waals surface area contributed by atoms with E-state index in [0.29, 0.717) is 35.0 Å². The lowest BCUT2D eigenvalue weighted by molar-refractivity contribution is 0.340. The second-order valence-electron chi connectivity index (χ2n) is 6.09. The maximum Gasteiger partial charge on any atom is 0.271 e. The Morgan fingerprint density at radius 3 is 2.81 bits per heavy atom. The lowest BCUT2D eigenvalue weighted by Gasteiger charge is -2.25. The van der Waals surface area contributed by atoms with Gasteiger partial charge in [0.2, 0.25) is 0 Å². The molecule has 7 heteroatoms. The third-order valence-electron chi connectivity index (χ3n) is 4.24. The number of rotatable bonds is 4. The molecule has 0 aliphatic carbocycles.